The monoisotopic (exact) mass is 228 g/mol. The fourth-order valence-electron chi connectivity index (χ4n) is 1.60. The Hall–Kier alpha value is -0.660. The van der Waals surface area contributed by atoms with E-state index in [0.29, 0.717) is 6.61 Å². The molecule has 0 radical (unpaired) electrons. The molecule has 0 unspecified atom stereocenters. The smallest absolute Gasteiger partial charge is 0.0831 e. The first-order valence-corrected chi connectivity index (χ1v) is 6.52. The van der Waals surface area contributed by atoms with Crippen molar-refractivity contribution in [1.29, 1.82) is 10.8 Å². The first-order chi connectivity index (χ1) is 7.83. The van der Waals surface area contributed by atoms with Crippen LogP contribution in [-0.4, -0.2) is 17.7 Å². The molecule has 96 valence electrons. The summed E-state index contributed by atoms with van der Waals surface area (Å²) in [7, 11) is 0. The molecule has 0 saturated carbocycles. The fraction of sp³-hybridized carbons (Fsp3) is 0.923. The zero-order valence-corrected chi connectivity index (χ0v) is 10.7. The van der Waals surface area contributed by atoms with Gasteiger partial charge in [-0.25, -0.2) is 10.8 Å². The summed E-state index contributed by atoms with van der Waals surface area (Å²) in [5, 5.41) is 19.8. The number of hydrogen-bond donors (Lipinski definition) is 3. The molecule has 0 bridgehead atoms. The predicted molar refractivity (Wildman–Crippen MR) is 69.4 cm³/mol. The molecule has 0 saturated heterocycles. The van der Waals surface area contributed by atoms with Gasteiger partial charge in [-0.05, 0) is 6.42 Å². The maximum Gasteiger partial charge on any atom is 0.0831 e. The Morgan fingerprint density at radius 3 is 1.38 bits per heavy atom. The molecule has 0 heterocycles. The molecule has 16 heavy (non-hydrogen) atoms. The summed E-state index contributed by atoms with van der Waals surface area (Å²) in [6, 6.07) is 1.25. The van der Waals surface area contributed by atoms with Gasteiger partial charge in [-0.3, -0.25) is 0 Å². The number of aliphatic hydroxyl groups is 1. The summed E-state index contributed by atoms with van der Waals surface area (Å²) in [6.07, 6.45) is 13.3. The second-order valence-corrected chi connectivity index (χ2v) is 4.03. The molecule has 0 aromatic carbocycles. The Morgan fingerprint density at radius 2 is 1.06 bits per heavy atom. The van der Waals surface area contributed by atoms with Gasteiger partial charge in [0.05, 0.1) is 6.01 Å². The van der Waals surface area contributed by atoms with Crippen LogP contribution in [0.15, 0.2) is 0 Å². The van der Waals surface area contributed by atoms with Gasteiger partial charge in [0.2, 0.25) is 0 Å². The van der Waals surface area contributed by atoms with E-state index in [2.05, 4.69) is 6.92 Å². The summed E-state index contributed by atoms with van der Waals surface area (Å²) >= 11 is 0. The van der Waals surface area contributed by atoms with Crippen molar-refractivity contribution in [3.05, 3.63) is 0 Å². The van der Waals surface area contributed by atoms with Gasteiger partial charge < -0.3 is 5.11 Å². The van der Waals surface area contributed by atoms with Crippen LogP contribution in [0.4, 0.5) is 0 Å². The number of hydrogen-bond acceptors (Lipinski definition) is 3. The number of unbranched alkanes of at least 4 members (excludes halogenated alkanes) is 9. The van der Waals surface area contributed by atoms with Crippen molar-refractivity contribution in [3.63, 3.8) is 0 Å². The van der Waals surface area contributed by atoms with Gasteiger partial charge in [-0.1, -0.05) is 64.7 Å². The average Bonchev–Trinajstić information content (AvgIpc) is 2.28. The van der Waals surface area contributed by atoms with Gasteiger partial charge in [0.15, 0.2) is 0 Å². The molecule has 0 aliphatic heterocycles. The third-order valence-electron chi connectivity index (χ3n) is 2.51. The second kappa shape index (κ2) is 19.8. The SMILES string of the molecule is CCCCCCCCCCCCO.N=C=N. The molecular formula is C13H28N2O. The summed E-state index contributed by atoms with van der Waals surface area (Å²) in [6.45, 7) is 2.63. The highest BCUT2D eigenvalue weighted by molar-refractivity contribution is 5.29. The first-order valence-electron chi connectivity index (χ1n) is 6.52. The largest absolute Gasteiger partial charge is 0.396 e. The topological polar surface area (TPSA) is 67.9 Å². The number of rotatable bonds is 10. The molecule has 3 heteroatoms. The van der Waals surface area contributed by atoms with Crippen LogP contribution in [0.2, 0.25) is 0 Å². The van der Waals surface area contributed by atoms with Crippen LogP contribution in [0.3, 0.4) is 0 Å². The Bertz CT molecular complexity index is 133. The Balaban J connectivity index is 0. The van der Waals surface area contributed by atoms with Crippen LogP contribution >= 0.6 is 0 Å². The maximum atomic E-state index is 8.57. The van der Waals surface area contributed by atoms with E-state index >= 15 is 0 Å². The Labute approximate surface area is 100 Å². The highest BCUT2D eigenvalue weighted by Gasteiger charge is 1.91. The van der Waals surface area contributed by atoms with Crippen molar-refractivity contribution < 1.29 is 5.11 Å². The van der Waals surface area contributed by atoms with Crippen LogP contribution in [0.1, 0.15) is 71.1 Å². The highest BCUT2D eigenvalue weighted by atomic mass is 16.2. The van der Waals surface area contributed by atoms with E-state index in [1.165, 1.54) is 63.8 Å². The lowest BCUT2D eigenvalue weighted by Gasteiger charge is -2.00. The summed E-state index contributed by atoms with van der Waals surface area (Å²) < 4.78 is 0. The molecular weight excluding hydrogens is 200 g/mol. The van der Waals surface area contributed by atoms with Gasteiger partial charge in [0, 0.05) is 6.61 Å². The molecule has 3 N–H and O–H groups in total. The molecule has 0 atom stereocenters. The minimum absolute atomic E-state index is 0.372. The zero-order chi connectivity index (χ0) is 12.5. The lowest BCUT2D eigenvalue weighted by Crippen LogP contribution is -1.84. The Morgan fingerprint density at radius 1 is 0.750 bits per heavy atom. The Kier molecular flexibility index (Phi) is 22.0. The third kappa shape index (κ3) is 23.3. The standard InChI is InChI=1S/C12H26O.CH2N2/c1-2-3-4-5-6-7-8-9-10-11-12-13;2-1-3/h13H,2-12H2,1H3;2-3H. The molecule has 0 amide bonds. The van der Waals surface area contributed by atoms with E-state index in [-0.39, 0.29) is 0 Å². The summed E-state index contributed by atoms with van der Waals surface area (Å²) in [5.74, 6) is 0. The molecule has 0 aromatic heterocycles. The lowest BCUT2D eigenvalue weighted by molar-refractivity contribution is 0.282. The van der Waals surface area contributed by atoms with E-state index in [4.69, 9.17) is 15.9 Å². The minimum Gasteiger partial charge on any atom is -0.396 e. The molecule has 0 aromatic rings. The van der Waals surface area contributed by atoms with Crippen molar-refractivity contribution in [3.8, 4) is 0 Å². The van der Waals surface area contributed by atoms with Crippen molar-refractivity contribution >= 4 is 6.01 Å². The van der Waals surface area contributed by atoms with Crippen LogP contribution in [0.25, 0.3) is 0 Å². The summed E-state index contributed by atoms with van der Waals surface area (Å²) in [5.41, 5.74) is 0. The van der Waals surface area contributed by atoms with Crippen molar-refractivity contribution in [2.45, 2.75) is 71.1 Å². The van der Waals surface area contributed by atoms with Crippen LogP contribution in [0.5, 0.6) is 0 Å². The summed E-state index contributed by atoms with van der Waals surface area (Å²) in [4.78, 5) is 0. The van der Waals surface area contributed by atoms with E-state index in [9.17, 15) is 0 Å². The quantitative estimate of drug-likeness (QED) is 0.380. The normalized spacial score (nSPS) is 9.12. The molecule has 0 rings (SSSR count). The van der Waals surface area contributed by atoms with Crippen LogP contribution in [-0.2, 0) is 0 Å². The lowest BCUT2D eigenvalue weighted by atomic mass is 10.1. The minimum atomic E-state index is 0.372. The second-order valence-electron chi connectivity index (χ2n) is 4.03. The molecule has 3 nitrogen and oxygen atoms in total. The first kappa shape index (κ1) is 17.7. The van der Waals surface area contributed by atoms with Gasteiger partial charge in [-0.2, -0.15) is 0 Å². The predicted octanol–water partition coefficient (Wildman–Crippen LogP) is 4.22. The van der Waals surface area contributed by atoms with Crippen LogP contribution in [0, 0.1) is 10.8 Å². The van der Waals surface area contributed by atoms with Crippen LogP contribution < -0.4 is 0 Å². The van der Waals surface area contributed by atoms with Gasteiger partial charge in [-0.15, -0.1) is 0 Å². The van der Waals surface area contributed by atoms with Crippen molar-refractivity contribution in [2.75, 3.05) is 6.61 Å². The third-order valence-corrected chi connectivity index (χ3v) is 2.51. The van der Waals surface area contributed by atoms with Crippen molar-refractivity contribution in [2.24, 2.45) is 0 Å². The maximum absolute atomic E-state index is 8.57. The van der Waals surface area contributed by atoms with E-state index in [1.807, 2.05) is 0 Å². The highest BCUT2D eigenvalue weighted by Crippen LogP contribution is 2.09. The number of aliphatic hydroxyl groups excluding tert-OH is 1. The molecule has 0 fully saturated rings. The fourth-order valence-corrected chi connectivity index (χ4v) is 1.60. The van der Waals surface area contributed by atoms with E-state index in [0.717, 1.165) is 6.42 Å². The van der Waals surface area contributed by atoms with Gasteiger partial charge >= 0.3 is 0 Å². The molecule has 0 spiro atoms. The number of nitrogens with one attached hydrogen (secondary N) is 2. The average molecular weight is 228 g/mol. The molecule has 0 aliphatic rings. The van der Waals surface area contributed by atoms with Gasteiger partial charge in [0.1, 0.15) is 0 Å². The van der Waals surface area contributed by atoms with Gasteiger partial charge in [0.25, 0.3) is 0 Å². The van der Waals surface area contributed by atoms with E-state index < -0.39 is 0 Å². The zero-order valence-electron chi connectivity index (χ0n) is 10.7. The van der Waals surface area contributed by atoms with Crippen molar-refractivity contribution in [1.82, 2.24) is 0 Å². The molecule has 0 aliphatic carbocycles. The van der Waals surface area contributed by atoms with E-state index in [1.54, 1.807) is 0 Å².